The van der Waals surface area contributed by atoms with Gasteiger partial charge in [-0.1, -0.05) is 0 Å². The summed E-state index contributed by atoms with van der Waals surface area (Å²) in [6.45, 7) is 1.26. The molecule has 0 aliphatic rings. The lowest BCUT2D eigenvalue weighted by Gasteiger charge is -2.05. The van der Waals surface area contributed by atoms with Gasteiger partial charge in [-0.15, -0.1) is 0 Å². The number of ether oxygens (including phenoxy) is 2. The first kappa shape index (κ1) is 12.1. The Morgan fingerprint density at radius 1 is 1.50 bits per heavy atom. The fourth-order valence-corrected chi connectivity index (χ4v) is 1.12. The molecule has 0 amide bonds. The Hall–Kier alpha value is -1.95. The minimum absolute atomic E-state index is 0.0804. The molecule has 0 spiro atoms. The molecule has 0 aliphatic heterocycles. The average Bonchev–Trinajstić information content (AvgIpc) is 2.25. The third-order valence-electron chi connectivity index (χ3n) is 1.89. The molecule has 0 bridgehead atoms. The summed E-state index contributed by atoms with van der Waals surface area (Å²) < 4.78 is 9.65. The molecule has 0 aliphatic carbocycles. The summed E-state index contributed by atoms with van der Waals surface area (Å²) in [6.07, 6.45) is 0. The molecule has 1 aromatic carbocycles. The third kappa shape index (κ3) is 2.77. The van der Waals surface area contributed by atoms with Crippen molar-refractivity contribution in [2.45, 2.75) is 6.92 Å². The van der Waals surface area contributed by atoms with Gasteiger partial charge in [0.15, 0.2) is 18.3 Å². The van der Waals surface area contributed by atoms with Gasteiger partial charge in [-0.2, -0.15) is 0 Å². The van der Waals surface area contributed by atoms with Crippen LogP contribution in [0.5, 0.6) is 5.75 Å². The summed E-state index contributed by atoms with van der Waals surface area (Å²) in [7, 11) is 1.41. The Morgan fingerprint density at radius 2 is 2.19 bits per heavy atom. The highest BCUT2D eigenvalue weighted by Gasteiger charge is 2.17. The van der Waals surface area contributed by atoms with E-state index in [1.165, 1.54) is 32.2 Å². The van der Waals surface area contributed by atoms with E-state index in [-0.39, 0.29) is 29.6 Å². The highest BCUT2D eigenvalue weighted by atomic mass is 16.7. The van der Waals surface area contributed by atoms with Gasteiger partial charge in [0.2, 0.25) is 0 Å². The molecule has 1 rings (SSSR count). The second-order valence-electron chi connectivity index (χ2n) is 3.05. The molecule has 16 heavy (non-hydrogen) atoms. The number of carbonyl (C=O) groups is 1. The molecule has 0 N–H and O–H groups in total. The van der Waals surface area contributed by atoms with Crippen molar-refractivity contribution in [3.8, 4) is 5.75 Å². The lowest BCUT2D eigenvalue weighted by atomic mass is 10.1. The summed E-state index contributed by atoms with van der Waals surface area (Å²) in [5.74, 6) is -0.154. The van der Waals surface area contributed by atoms with Crippen molar-refractivity contribution in [3.63, 3.8) is 0 Å². The molecule has 1 aromatic rings. The van der Waals surface area contributed by atoms with Gasteiger partial charge in [-0.3, -0.25) is 14.9 Å². The number of nitrogens with zero attached hydrogens (tertiary/aromatic N) is 1. The first-order valence-electron chi connectivity index (χ1n) is 4.47. The molecule has 86 valence electrons. The van der Waals surface area contributed by atoms with Gasteiger partial charge in [0, 0.05) is 18.7 Å². The van der Waals surface area contributed by atoms with Crippen LogP contribution < -0.4 is 4.74 Å². The van der Waals surface area contributed by atoms with Crippen molar-refractivity contribution in [2.75, 3.05) is 13.9 Å². The first-order chi connectivity index (χ1) is 7.56. The molecule has 0 atom stereocenters. The topological polar surface area (TPSA) is 78.7 Å². The van der Waals surface area contributed by atoms with Crippen molar-refractivity contribution in [1.29, 1.82) is 0 Å². The smallest absolute Gasteiger partial charge is 0.311 e. The first-order valence-corrected chi connectivity index (χ1v) is 4.47. The summed E-state index contributed by atoms with van der Waals surface area (Å²) in [5.41, 5.74) is 0.0289. The van der Waals surface area contributed by atoms with Gasteiger partial charge in [0.25, 0.3) is 0 Å². The molecular weight excluding hydrogens is 214 g/mol. The summed E-state index contributed by atoms with van der Waals surface area (Å²) >= 11 is 0. The maximum atomic E-state index is 11.1. The van der Waals surface area contributed by atoms with E-state index >= 15 is 0 Å². The zero-order valence-corrected chi connectivity index (χ0v) is 8.93. The number of hydrogen-bond donors (Lipinski definition) is 0. The molecule has 0 unspecified atom stereocenters. The Kier molecular flexibility index (Phi) is 3.96. The number of carbonyl (C=O) groups excluding carboxylic acids is 1. The largest absolute Gasteiger partial charge is 0.460 e. The monoisotopic (exact) mass is 225 g/mol. The van der Waals surface area contributed by atoms with Crippen LogP contribution >= 0.6 is 0 Å². The normalized spacial score (nSPS) is 9.88. The quantitative estimate of drug-likeness (QED) is 0.330. The van der Waals surface area contributed by atoms with E-state index in [1.807, 2.05) is 0 Å². The molecule has 6 heteroatoms. The number of nitro benzene ring substituents is 1. The number of Topliss-reactive ketones (excluding diaryl/α,β-unsaturated/α-hetero) is 1. The lowest BCUT2D eigenvalue weighted by molar-refractivity contribution is -0.386. The van der Waals surface area contributed by atoms with Crippen molar-refractivity contribution >= 4 is 11.5 Å². The maximum absolute atomic E-state index is 11.1. The van der Waals surface area contributed by atoms with Gasteiger partial charge in [0.05, 0.1) is 4.92 Å². The number of ketones is 1. The SMILES string of the molecule is COCOc1ccc(C(C)=O)cc1[N+](=O)[O-]. The van der Waals surface area contributed by atoms with Crippen molar-refractivity contribution in [1.82, 2.24) is 0 Å². The van der Waals surface area contributed by atoms with Gasteiger partial charge in [-0.05, 0) is 19.1 Å². The second kappa shape index (κ2) is 5.22. The summed E-state index contributed by atoms with van der Waals surface area (Å²) in [6, 6.07) is 4.04. The Balaban J connectivity index is 3.09. The number of nitro groups is 1. The van der Waals surface area contributed by atoms with Crippen LogP contribution in [0.15, 0.2) is 18.2 Å². The van der Waals surface area contributed by atoms with Crippen molar-refractivity contribution in [2.24, 2.45) is 0 Å². The van der Waals surface area contributed by atoms with Crippen LogP contribution in [-0.4, -0.2) is 24.6 Å². The minimum Gasteiger partial charge on any atom is -0.460 e. The lowest BCUT2D eigenvalue weighted by Crippen LogP contribution is -2.03. The third-order valence-corrected chi connectivity index (χ3v) is 1.89. The van der Waals surface area contributed by atoms with E-state index in [4.69, 9.17) is 4.74 Å². The zero-order chi connectivity index (χ0) is 12.1. The van der Waals surface area contributed by atoms with Crippen LogP contribution in [0.25, 0.3) is 0 Å². The number of methoxy groups -OCH3 is 1. The van der Waals surface area contributed by atoms with Crippen LogP contribution in [0, 0.1) is 10.1 Å². The van der Waals surface area contributed by atoms with Crippen LogP contribution in [0.3, 0.4) is 0 Å². The van der Waals surface area contributed by atoms with Gasteiger partial charge in [0.1, 0.15) is 0 Å². The Labute approximate surface area is 91.9 Å². The molecule has 0 aromatic heterocycles. The molecule has 0 radical (unpaired) electrons. The van der Waals surface area contributed by atoms with E-state index in [0.29, 0.717) is 0 Å². The molecule has 0 saturated heterocycles. The van der Waals surface area contributed by atoms with Crippen LogP contribution in [0.4, 0.5) is 5.69 Å². The average molecular weight is 225 g/mol. The van der Waals surface area contributed by atoms with Gasteiger partial charge in [-0.25, -0.2) is 0 Å². The van der Waals surface area contributed by atoms with Crippen LogP contribution in [-0.2, 0) is 4.74 Å². The van der Waals surface area contributed by atoms with E-state index < -0.39 is 4.92 Å². The highest BCUT2D eigenvalue weighted by Crippen LogP contribution is 2.28. The van der Waals surface area contributed by atoms with Gasteiger partial charge >= 0.3 is 5.69 Å². The second-order valence-corrected chi connectivity index (χ2v) is 3.05. The summed E-state index contributed by atoms with van der Waals surface area (Å²) in [4.78, 5) is 21.2. The van der Waals surface area contributed by atoms with E-state index in [2.05, 4.69) is 4.74 Å². The molecular formula is C10H11NO5. The Bertz CT molecular complexity index is 416. The van der Waals surface area contributed by atoms with E-state index in [1.54, 1.807) is 0 Å². The number of rotatable bonds is 5. The summed E-state index contributed by atoms with van der Waals surface area (Å²) in [5, 5.41) is 10.7. The van der Waals surface area contributed by atoms with Crippen LogP contribution in [0.1, 0.15) is 17.3 Å². The highest BCUT2D eigenvalue weighted by molar-refractivity contribution is 5.95. The van der Waals surface area contributed by atoms with E-state index in [9.17, 15) is 14.9 Å². The number of benzene rings is 1. The van der Waals surface area contributed by atoms with Crippen LogP contribution in [0.2, 0.25) is 0 Å². The van der Waals surface area contributed by atoms with Gasteiger partial charge < -0.3 is 9.47 Å². The predicted molar refractivity (Wildman–Crippen MR) is 55.6 cm³/mol. The fraction of sp³-hybridized carbons (Fsp3) is 0.300. The fourth-order valence-electron chi connectivity index (χ4n) is 1.12. The van der Waals surface area contributed by atoms with Crippen molar-refractivity contribution in [3.05, 3.63) is 33.9 Å². The Morgan fingerprint density at radius 3 is 2.69 bits per heavy atom. The standard InChI is InChI=1S/C10H11NO5/c1-7(12)8-3-4-10(16-6-15-2)9(5-8)11(13)14/h3-5H,6H2,1-2H3. The predicted octanol–water partition coefficient (Wildman–Crippen LogP) is 1.78. The molecule has 0 heterocycles. The van der Waals surface area contributed by atoms with E-state index in [0.717, 1.165) is 0 Å². The molecule has 0 fully saturated rings. The zero-order valence-electron chi connectivity index (χ0n) is 8.93. The van der Waals surface area contributed by atoms with Crippen molar-refractivity contribution < 1.29 is 19.2 Å². The molecule has 6 nitrogen and oxygen atoms in total. The molecule has 0 saturated carbocycles. The minimum atomic E-state index is -0.600. The number of hydrogen-bond acceptors (Lipinski definition) is 5. The maximum Gasteiger partial charge on any atom is 0.311 e.